The molecule has 0 bridgehead atoms. The first-order valence-corrected chi connectivity index (χ1v) is 4.69. The number of carbonyl (C=O) groups is 2. The summed E-state index contributed by atoms with van der Waals surface area (Å²) in [5.41, 5.74) is 0. The molecule has 0 aromatic heterocycles. The van der Waals surface area contributed by atoms with Crippen molar-refractivity contribution in [3.63, 3.8) is 0 Å². The van der Waals surface area contributed by atoms with Crippen LogP contribution in [-0.4, -0.2) is 80.6 Å². The quantitative estimate of drug-likeness (QED) is 0.279. The van der Waals surface area contributed by atoms with Crippen LogP contribution in [0.3, 0.4) is 0 Å². The van der Waals surface area contributed by atoms with Crippen LogP contribution in [0.5, 0.6) is 0 Å². The lowest BCUT2D eigenvalue weighted by Crippen LogP contribution is -2.48. The molecule has 6 N–H and O–H groups in total. The Morgan fingerprint density at radius 1 is 0.778 bits per heavy atom. The Balaban J connectivity index is 4.16. The van der Waals surface area contributed by atoms with E-state index in [1.807, 2.05) is 0 Å². The van der Waals surface area contributed by atoms with Gasteiger partial charge in [-0.25, -0.2) is 9.59 Å². The van der Waals surface area contributed by atoms with Crippen LogP contribution >= 0.6 is 0 Å². The van der Waals surface area contributed by atoms with Gasteiger partial charge in [-0.05, 0) is 0 Å². The van der Waals surface area contributed by atoms with Gasteiger partial charge in [0.2, 0.25) is 0 Å². The first-order chi connectivity index (χ1) is 8.25. The summed E-state index contributed by atoms with van der Waals surface area (Å²) in [6.45, 7) is -1.64. The van der Waals surface area contributed by atoms with Crippen molar-refractivity contribution in [1.82, 2.24) is 0 Å². The fourth-order valence-corrected chi connectivity index (χ4v) is 0.966. The van der Waals surface area contributed by atoms with Crippen LogP contribution < -0.4 is 0 Å². The van der Waals surface area contributed by atoms with E-state index in [9.17, 15) is 30.0 Å². The van der Waals surface area contributed by atoms with Gasteiger partial charge in [0, 0.05) is 0 Å². The van der Waals surface area contributed by atoms with E-state index in [0.29, 0.717) is 0 Å². The van der Waals surface area contributed by atoms with Crippen molar-refractivity contribution in [2.75, 3.05) is 13.2 Å². The molecule has 10 heteroatoms. The van der Waals surface area contributed by atoms with Crippen LogP contribution in [0.25, 0.3) is 0 Å². The third-order valence-electron chi connectivity index (χ3n) is 1.89. The smallest absolute Gasteiger partial charge is 0.450 e. The lowest BCUT2D eigenvalue weighted by Gasteiger charge is -2.25. The summed E-state index contributed by atoms with van der Waals surface area (Å²) < 4.78 is 7.88. The van der Waals surface area contributed by atoms with E-state index in [1.165, 1.54) is 0 Å². The molecule has 4 atom stereocenters. The maximum atomic E-state index is 10.00. The standard InChI is InChI=1S/C8H14O10/c9-3(1-17-7(13)14)5(11)6(12)4(10)2-18-8(15)16/h3-6,9-12H,1-2H2,(H,13,14)(H,15,16). The molecule has 0 rings (SSSR count). The van der Waals surface area contributed by atoms with Crippen molar-refractivity contribution in [3.05, 3.63) is 0 Å². The molecule has 0 spiro atoms. The minimum atomic E-state index is -1.93. The molecule has 18 heavy (non-hydrogen) atoms. The Morgan fingerprint density at radius 3 is 1.28 bits per heavy atom. The first kappa shape index (κ1) is 16.4. The van der Waals surface area contributed by atoms with Crippen LogP contribution in [0.15, 0.2) is 0 Å². The van der Waals surface area contributed by atoms with E-state index in [2.05, 4.69) is 9.47 Å². The first-order valence-electron chi connectivity index (χ1n) is 4.69. The average Bonchev–Trinajstić information content (AvgIpc) is 2.30. The van der Waals surface area contributed by atoms with E-state index >= 15 is 0 Å². The molecule has 0 amide bonds. The van der Waals surface area contributed by atoms with Crippen molar-refractivity contribution in [3.8, 4) is 0 Å². The summed E-state index contributed by atoms with van der Waals surface area (Å²) in [6.07, 6.45) is -10.8. The second-order valence-corrected chi connectivity index (χ2v) is 3.27. The number of hydrogen-bond acceptors (Lipinski definition) is 8. The van der Waals surface area contributed by atoms with Crippen LogP contribution in [0, 0.1) is 0 Å². The lowest BCUT2D eigenvalue weighted by atomic mass is 10.0. The molecule has 106 valence electrons. The number of carboxylic acid groups (broad SMARTS) is 2. The maximum absolute atomic E-state index is 10.00. The predicted molar refractivity (Wildman–Crippen MR) is 52.0 cm³/mol. The van der Waals surface area contributed by atoms with Crippen molar-refractivity contribution in [2.45, 2.75) is 24.4 Å². The van der Waals surface area contributed by atoms with Gasteiger partial charge in [0.15, 0.2) is 0 Å². The van der Waals surface area contributed by atoms with Gasteiger partial charge in [0.05, 0.1) is 0 Å². The summed E-state index contributed by atoms with van der Waals surface area (Å²) in [5, 5.41) is 53.2. The van der Waals surface area contributed by atoms with E-state index in [-0.39, 0.29) is 0 Å². The summed E-state index contributed by atoms with van der Waals surface area (Å²) in [5.74, 6) is 0. The number of hydrogen-bond donors (Lipinski definition) is 6. The Hall–Kier alpha value is -1.62. The number of aliphatic hydroxyl groups is 4. The van der Waals surface area contributed by atoms with E-state index in [1.54, 1.807) is 0 Å². The number of ether oxygens (including phenoxy) is 2. The third-order valence-corrected chi connectivity index (χ3v) is 1.89. The minimum absolute atomic E-state index is 0.819. The normalized spacial score (nSPS) is 17.3. The van der Waals surface area contributed by atoms with Crippen LogP contribution in [0.2, 0.25) is 0 Å². The Labute approximate surface area is 101 Å². The molecule has 0 aliphatic heterocycles. The van der Waals surface area contributed by atoms with Crippen LogP contribution in [0.4, 0.5) is 9.59 Å². The summed E-state index contributed by atoms with van der Waals surface area (Å²) in [6, 6.07) is 0. The zero-order valence-corrected chi connectivity index (χ0v) is 9.04. The summed E-state index contributed by atoms with van der Waals surface area (Å²) in [4.78, 5) is 20.0. The molecule has 0 saturated carbocycles. The van der Waals surface area contributed by atoms with Crippen molar-refractivity contribution < 1.29 is 49.7 Å². The minimum Gasteiger partial charge on any atom is -0.450 e. The Morgan fingerprint density at radius 2 is 1.06 bits per heavy atom. The number of aliphatic hydroxyl groups excluding tert-OH is 4. The lowest BCUT2D eigenvalue weighted by molar-refractivity contribution is -0.127. The fraction of sp³-hybridized carbons (Fsp3) is 0.750. The zero-order valence-electron chi connectivity index (χ0n) is 9.04. The van der Waals surface area contributed by atoms with Crippen molar-refractivity contribution in [1.29, 1.82) is 0 Å². The molecule has 10 nitrogen and oxygen atoms in total. The molecule has 0 fully saturated rings. The number of rotatable bonds is 7. The molecule has 0 aliphatic rings. The average molecular weight is 270 g/mol. The van der Waals surface area contributed by atoms with Gasteiger partial charge in [-0.3, -0.25) is 0 Å². The van der Waals surface area contributed by atoms with E-state index < -0.39 is 49.9 Å². The fourth-order valence-electron chi connectivity index (χ4n) is 0.966. The molecule has 0 radical (unpaired) electrons. The van der Waals surface area contributed by atoms with Gasteiger partial charge < -0.3 is 40.1 Å². The van der Waals surface area contributed by atoms with Gasteiger partial charge in [0.1, 0.15) is 37.6 Å². The highest BCUT2D eigenvalue weighted by molar-refractivity contribution is 5.57. The third kappa shape index (κ3) is 6.20. The molecule has 0 aromatic carbocycles. The SMILES string of the molecule is O=C(O)OCC(O)C(O)C(O)C(O)COC(=O)O. The van der Waals surface area contributed by atoms with Crippen molar-refractivity contribution in [2.24, 2.45) is 0 Å². The zero-order chi connectivity index (χ0) is 14.3. The largest absolute Gasteiger partial charge is 0.505 e. The van der Waals surface area contributed by atoms with Crippen LogP contribution in [0.1, 0.15) is 0 Å². The van der Waals surface area contributed by atoms with Crippen LogP contribution in [-0.2, 0) is 9.47 Å². The Kier molecular flexibility index (Phi) is 6.97. The van der Waals surface area contributed by atoms with E-state index in [0.717, 1.165) is 0 Å². The summed E-state index contributed by atoms with van der Waals surface area (Å²) >= 11 is 0. The van der Waals surface area contributed by atoms with Gasteiger partial charge in [-0.1, -0.05) is 0 Å². The highest BCUT2D eigenvalue weighted by Crippen LogP contribution is 2.06. The molecule has 0 heterocycles. The molecule has 4 unspecified atom stereocenters. The van der Waals surface area contributed by atoms with E-state index in [4.69, 9.17) is 10.2 Å². The van der Waals surface area contributed by atoms with Gasteiger partial charge in [-0.15, -0.1) is 0 Å². The molecule has 0 aromatic rings. The molecule has 0 saturated heterocycles. The predicted octanol–water partition coefficient (Wildman–Crippen LogP) is -2.18. The monoisotopic (exact) mass is 270 g/mol. The Bertz CT molecular complexity index is 251. The van der Waals surface area contributed by atoms with Crippen molar-refractivity contribution >= 4 is 12.3 Å². The maximum Gasteiger partial charge on any atom is 0.505 e. The second-order valence-electron chi connectivity index (χ2n) is 3.27. The second kappa shape index (κ2) is 7.66. The highest BCUT2D eigenvalue weighted by atomic mass is 16.7. The molecular formula is C8H14O10. The molecular weight excluding hydrogens is 256 g/mol. The van der Waals surface area contributed by atoms with Gasteiger partial charge >= 0.3 is 12.3 Å². The summed E-state index contributed by atoms with van der Waals surface area (Å²) in [7, 11) is 0. The topological polar surface area (TPSA) is 174 Å². The molecule has 0 aliphatic carbocycles. The van der Waals surface area contributed by atoms with Gasteiger partial charge in [0.25, 0.3) is 0 Å². The van der Waals surface area contributed by atoms with Gasteiger partial charge in [-0.2, -0.15) is 0 Å². The highest BCUT2D eigenvalue weighted by Gasteiger charge is 2.31.